The van der Waals surface area contributed by atoms with E-state index in [2.05, 4.69) is 58.3 Å². The summed E-state index contributed by atoms with van der Waals surface area (Å²) in [4.78, 5) is 43.5. The molecule has 1 aromatic carbocycles. The van der Waals surface area contributed by atoms with Crippen LogP contribution in [-0.2, 0) is 25.7 Å². The Kier molecular flexibility index (Phi) is 12.4. The summed E-state index contributed by atoms with van der Waals surface area (Å²) in [6.45, 7) is 21.5. The molecule has 0 amide bonds. The van der Waals surface area contributed by atoms with Gasteiger partial charge in [0.25, 0.3) is 0 Å². The number of ether oxygens (including phenoxy) is 1. The van der Waals surface area contributed by atoms with Gasteiger partial charge in [0.05, 0.1) is 23.0 Å². The topological polar surface area (TPSA) is 107 Å². The minimum atomic E-state index is -1.19. The number of nitrogens with zero attached hydrogens (tertiary/aromatic N) is 2. The zero-order chi connectivity index (χ0) is 43.0. The molecule has 0 spiro atoms. The molecule has 5 aliphatic rings. The van der Waals surface area contributed by atoms with Crippen molar-refractivity contribution in [1.82, 2.24) is 9.80 Å². The zero-order valence-corrected chi connectivity index (χ0v) is 38.0. The van der Waals surface area contributed by atoms with Gasteiger partial charge >= 0.3 is 11.9 Å². The summed E-state index contributed by atoms with van der Waals surface area (Å²) in [7, 11) is 4.02. The van der Waals surface area contributed by atoms with Crippen molar-refractivity contribution in [3.63, 3.8) is 0 Å². The fourth-order valence-corrected chi connectivity index (χ4v) is 14.0. The highest BCUT2D eigenvalue weighted by Gasteiger charge is 2.71. The van der Waals surface area contributed by atoms with E-state index < -0.39 is 34.7 Å². The molecule has 10 heteroatoms. The summed E-state index contributed by atoms with van der Waals surface area (Å²) in [5, 5.41) is 22.4. The Morgan fingerprint density at radius 2 is 1.66 bits per heavy atom. The third-order valence-electron chi connectivity index (χ3n) is 17.2. The summed E-state index contributed by atoms with van der Waals surface area (Å²) in [6.07, 6.45) is 6.52. The van der Waals surface area contributed by atoms with Gasteiger partial charge in [-0.15, -0.1) is 0 Å². The number of allylic oxidation sites excluding steroid dienone is 1. The van der Waals surface area contributed by atoms with Crippen LogP contribution in [-0.4, -0.2) is 83.7 Å². The Hall–Kier alpha value is -2.33. The number of halogens is 2. The first-order valence-electron chi connectivity index (χ1n) is 22.0. The van der Waals surface area contributed by atoms with E-state index in [1.54, 1.807) is 32.0 Å². The SMILES string of the molecule is CC(C)C1=C2[C@H]3CC[C@@H]4[C@@]5(C)CC[C@H](OC(=O)CC(C)(C)C(=O)O)C(C)(C)[C@@H]5CC[C@@]4(C)[C@]3(C)CC[C@]2([C@H](O)CN(CCN(C)C)Cc2cccc(Cl)c2F)CC1=O. The van der Waals surface area contributed by atoms with Crippen molar-refractivity contribution in [3.8, 4) is 0 Å². The smallest absolute Gasteiger partial charge is 0.309 e. The van der Waals surface area contributed by atoms with Crippen LogP contribution in [0.25, 0.3) is 0 Å². The van der Waals surface area contributed by atoms with Crippen molar-refractivity contribution in [3.05, 3.63) is 45.7 Å². The quantitative estimate of drug-likeness (QED) is 0.190. The monoisotopic (exact) mass is 827 g/mol. The summed E-state index contributed by atoms with van der Waals surface area (Å²) in [5.41, 5.74) is 0.465. The maximum atomic E-state index is 15.3. The van der Waals surface area contributed by atoms with Crippen LogP contribution in [0.15, 0.2) is 29.3 Å². The maximum absolute atomic E-state index is 15.3. The summed E-state index contributed by atoms with van der Waals surface area (Å²) < 4.78 is 21.4. The number of Topliss-reactive ketones (excluding diaryl/α,β-unsaturated/α-hetero) is 1. The molecule has 6 rings (SSSR count). The molecule has 58 heavy (non-hydrogen) atoms. The van der Waals surface area contributed by atoms with Crippen LogP contribution in [0.1, 0.15) is 132 Å². The number of fused-ring (bicyclic) bond motifs is 7. The van der Waals surface area contributed by atoms with E-state index in [1.165, 1.54) is 5.57 Å². The van der Waals surface area contributed by atoms with Gasteiger partial charge in [-0.3, -0.25) is 19.3 Å². The molecule has 2 N–H and O–H groups in total. The predicted molar refractivity (Wildman–Crippen MR) is 227 cm³/mol. The number of carbonyl (C=O) groups is 3. The van der Waals surface area contributed by atoms with E-state index >= 15 is 4.39 Å². The molecule has 0 heterocycles. The van der Waals surface area contributed by atoms with Crippen molar-refractivity contribution in [2.75, 3.05) is 33.7 Å². The number of likely N-dealkylation sites (N-methyl/N-ethyl adjacent to an activating group) is 1. The number of carbonyl (C=O) groups excluding carboxylic acids is 2. The molecule has 4 saturated carbocycles. The number of aliphatic hydroxyl groups excluding tert-OH is 1. The Bertz CT molecular complexity index is 1810. The Balaban J connectivity index is 1.29. The van der Waals surface area contributed by atoms with Crippen LogP contribution in [0.3, 0.4) is 0 Å². The lowest BCUT2D eigenvalue weighted by molar-refractivity contribution is -0.235. The number of rotatable bonds is 13. The Morgan fingerprint density at radius 1 is 0.966 bits per heavy atom. The first-order valence-corrected chi connectivity index (χ1v) is 22.4. The minimum Gasteiger partial charge on any atom is -0.481 e. The van der Waals surface area contributed by atoms with Crippen molar-refractivity contribution in [1.29, 1.82) is 0 Å². The van der Waals surface area contributed by atoms with Gasteiger partial charge in [-0.2, -0.15) is 0 Å². The maximum Gasteiger partial charge on any atom is 0.309 e. The van der Waals surface area contributed by atoms with Gasteiger partial charge in [-0.25, -0.2) is 4.39 Å². The van der Waals surface area contributed by atoms with Crippen LogP contribution >= 0.6 is 11.6 Å². The van der Waals surface area contributed by atoms with Gasteiger partial charge in [-0.05, 0) is 131 Å². The Morgan fingerprint density at radius 3 is 2.29 bits per heavy atom. The number of esters is 1. The second-order valence-electron chi connectivity index (χ2n) is 21.8. The van der Waals surface area contributed by atoms with Crippen LogP contribution in [0.5, 0.6) is 0 Å². The lowest BCUT2D eigenvalue weighted by Gasteiger charge is -2.72. The molecule has 4 fully saturated rings. The first-order chi connectivity index (χ1) is 26.9. The highest BCUT2D eigenvalue weighted by Crippen LogP contribution is 2.77. The number of carboxylic acids is 1. The first kappa shape index (κ1) is 45.2. The molecule has 0 aliphatic heterocycles. The van der Waals surface area contributed by atoms with Gasteiger partial charge in [0, 0.05) is 49.0 Å². The third-order valence-corrected chi connectivity index (χ3v) is 17.5. The van der Waals surface area contributed by atoms with Crippen molar-refractivity contribution < 1.29 is 33.7 Å². The molecular weight excluding hydrogens is 755 g/mol. The van der Waals surface area contributed by atoms with Crippen molar-refractivity contribution in [2.24, 2.45) is 56.2 Å². The van der Waals surface area contributed by atoms with Gasteiger partial charge in [0.1, 0.15) is 11.9 Å². The molecular formula is C48H72ClFN2O6. The number of benzene rings is 1. The standard InChI is InChI=1S/C48H72ClFN2O6/c1-29(2)39-33(53)25-48(36(54)28-52(24-23-51(10)11)27-30-13-12-14-32(49)41(30)50)22-21-46(8)31(40(39)48)15-16-35-45(7)19-18-37(58-38(55)26-43(3,4)42(56)57)44(5,6)34(45)17-20-47(35,46)9/h12-14,29,31,34-37,54H,15-28H2,1-11H3,(H,56,57)/t31-,34+,35-,36-,37+,45+,46-,47-,48-/m1/s1. The number of carboxylic acid groups (broad SMARTS) is 1. The average Bonchev–Trinajstić information content (AvgIpc) is 3.43. The van der Waals surface area contributed by atoms with Crippen LogP contribution < -0.4 is 0 Å². The highest BCUT2D eigenvalue weighted by atomic mass is 35.5. The lowest BCUT2D eigenvalue weighted by atomic mass is 9.33. The summed E-state index contributed by atoms with van der Waals surface area (Å²) in [5.74, 6) is -0.702. The van der Waals surface area contributed by atoms with E-state index in [-0.39, 0.29) is 56.8 Å². The highest BCUT2D eigenvalue weighted by molar-refractivity contribution is 6.30. The summed E-state index contributed by atoms with van der Waals surface area (Å²) >= 11 is 6.21. The normalized spacial score (nSPS) is 35.1. The number of aliphatic carboxylic acids is 1. The second kappa shape index (κ2) is 15.9. The number of ketones is 1. The zero-order valence-electron chi connectivity index (χ0n) is 37.3. The van der Waals surface area contributed by atoms with Gasteiger partial charge in [0.2, 0.25) is 0 Å². The molecule has 0 radical (unpaired) electrons. The molecule has 0 aromatic heterocycles. The fourth-order valence-electron chi connectivity index (χ4n) is 13.8. The average molecular weight is 828 g/mol. The second-order valence-corrected chi connectivity index (χ2v) is 22.2. The van der Waals surface area contributed by atoms with Crippen LogP contribution in [0.4, 0.5) is 4.39 Å². The molecule has 0 saturated heterocycles. The van der Waals surface area contributed by atoms with Crippen LogP contribution in [0.2, 0.25) is 5.02 Å². The molecule has 1 aromatic rings. The minimum absolute atomic E-state index is 0.00797. The molecule has 324 valence electrons. The number of hydrogen-bond donors (Lipinski definition) is 2. The Labute approximate surface area is 352 Å². The fraction of sp³-hybridized carbons (Fsp3) is 0.771. The number of aliphatic hydroxyl groups is 1. The van der Waals surface area contributed by atoms with Crippen LogP contribution in [0, 0.1) is 62.0 Å². The molecule has 8 nitrogen and oxygen atoms in total. The number of hydrogen-bond acceptors (Lipinski definition) is 7. The molecule has 0 unspecified atom stereocenters. The molecule has 9 atom stereocenters. The van der Waals surface area contributed by atoms with Gasteiger partial charge < -0.3 is 19.8 Å². The van der Waals surface area contributed by atoms with E-state index in [0.717, 1.165) is 63.5 Å². The van der Waals surface area contributed by atoms with Crippen molar-refractivity contribution >= 4 is 29.3 Å². The van der Waals surface area contributed by atoms with E-state index in [1.807, 2.05) is 14.1 Å². The van der Waals surface area contributed by atoms with Gasteiger partial charge in [0.15, 0.2) is 5.78 Å². The van der Waals surface area contributed by atoms with E-state index in [9.17, 15) is 24.6 Å². The predicted octanol–water partition coefficient (Wildman–Crippen LogP) is 9.60. The van der Waals surface area contributed by atoms with E-state index in [0.29, 0.717) is 43.5 Å². The molecule has 0 bridgehead atoms. The summed E-state index contributed by atoms with van der Waals surface area (Å²) in [6, 6.07) is 5.09. The van der Waals surface area contributed by atoms with Crippen molar-refractivity contribution in [2.45, 2.75) is 145 Å². The lowest BCUT2D eigenvalue weighted by Crippen LogP contribution is -2.66. The third kappa shape index (κ3) is 7.42. The van der Waals surface area contributed by atoms with E-state index in [4.69, 9.17) is 16.3 Å². The molecule has 5 aliphatic carbocycles. The van der Waals surface area contributed by atoms with Gasteiger partial charge in [-0.1, -0.05) is 77.8 Å². The largest absolute Gasteiger partial charge is 0.481 e.